The van der Waals surface area contributed by atoms with Crippen molar-refractivity contribution in [2.45, 2.75) is 44.8 Å². The standard InChI is InChI=1S/C29H29Cl2N5O3/c1-3-25(38)36-12-18(13-36)33-24(37)15-35-14-21(26-23(35)5-4-22(30)27(26)31)29(39)34-9-7-19-17(11-34)6-8-32-28(19)20-10-16(20)2/h3-6,8,14,16,18,20H,1,7,9-13,15H2,2H3,(H,33,37). The number of amides is 3. The van der Waals surface area contributed by atoms with Crippen molar-refractivity contribution in [3.05, 3.63) is 75.7 Å². The van der Waals surface area contributed by atoms with Gasteiger partial charge in [0.15, 0.2) is 0 Å². The molecular formula is C29H29Cl2N5O3. The third-order valence-corrected chi connectivity index (χ3v) is 8.95. The Balaban J connectivity index is 1.23. The molecule has 0 bridgehead atoms. The molecule has 2 fully saturated rings. The van der Waals surface area contributed by atoms with Gasteiger partial charge in [-0.25, -0.2) is 0 Å². The van der Waals surface area contributed by atoms with Crippen LogP contribution in [0.25, 0.3) is 10.9 Å². The van der Waals surface area contributed by atoms with Crippen LogP contribution in [-0.2, 0) is 29.1 Å². The summed E-state index contributed by atoms with van der Waals surface area (Å²) in [7, 11) is 0. The van der Waals surface area contributed by atoms with Crippen molar-refractivity contribution in [2.75, 3.05) is 19.6 Å². The number of nitrogens with one attached hydrogen (secondary N) is 1. The summed E-state index contributed by atoms with van der Waals surface area (Å²) in [5.74, 6) is 0.676. The Bertz CT molecular complexity index is 1530. The summed E-state index contributed by atoms with van der Waals surface area (Å²) in [6, 6.07) is 5.34. The normalized spacial score (nSPS) is 20.4. The second-order valence-electron chi connectivity index (χ2n) is 10.8. The van der Waals surface area contributed by atoms with Crippen LogP contribution in [0.15, 0.2) is 43.2 Å². The van der Waals surface area contributed by atoms with Gasteiger partial charge >= 0.3 is 0 Å². The van der Waals surface area contributed by atoms with Crippen molar-refractivity contribution < 1.29 is 14.4 Å². The zero-order valence-electron chi connectivity index (χ0n) is 21.6. The third kappa shape index (κ3) is 4.70. The Kier molecular flexibility index (Phi) is 6.63. The molecule has 2 aromatic heterocycles. The van der Waals surface area contributed by atoms with Crippen LogP contribution < -0.4 is 5.32 Å². The van der Waals surface area contributed by atoms with E-state index in [-0.39, 0.29) is 30.3 Å². The number of carbonyl (C=O) groups excluding carboxylic acids is 3. The maximum Gasteiger partial charge on any atom is 0.256 e. The first-order valence-electron chi connectivity index (χ1n) is 13.2. The number of halogens is 2. The van der Waals surface area contributed by atoms with Crippen molar-refractivity contribution in [1.29, 1.82) is 0 Å². The molecule has 1 aromatic carbocycles. The molecule has 1 saturated carbocycles. The number of fused-ring (bicyclic) bond motifs is 2. The number of hydrogen-bond donors (Lipinski definition) is 1. The van der Waals surface area contributed by atoms with Gasteiger partial charge in [0.1, 0.15) is 6.54 Å². The number of nitrogens with zero attached hydrogens (tertiary/aromatic N) is 4. The molecule has 39 heavy (non-hydrogen) atoms. The van der Waals surface area contributed by atoms with Gasteiger partial charge in [0, 0.05) is 55.6 Å². The van der Waals surface area contributed by atoms with Gasteiger partial charge in [0.05, 0.1) is 27.2 Å². The highest BCUT2D eigenvalue weighted by Gasteiger charge is 2.38. The van der Waals surface area contributed by atoms with Crippen LogP contribution in [0.4, 0.5) is 0 Å². The predicted molar refractivity (Wildman–Crippen MR) is 150 cm³/mol. The number of rotatable bonds is 6. The van der Waals surface area contributed by atoms with Crippen molar-refractivity contribution >= 4 is 51.8 Å². The molecule has 4 heterocycles. The Morgan fingerprint density at radius 1 is 1.18 bits per heavy atom. The molecule has 2 aliphatic heterocycles. The van der Waals surface area contributed by atoms with E-state index in [1.165, 1.54) is 23.8 Å². The van der Waals surface area contributed by atoms with Gasteiger partial charge in [-0.05, 0) is 54.2 Å². The molecule has 202 valence electrons. The van der Waals surface area contributed by atoms with Gasteiger partial charge in [-0.2, -0.15) is 0 Å². The monoisotopic (exact) mass is 565 g/mol. The second kappa shape index (κ2) is 9.99. The largest absolute Gasteiger partial charge is 0.348 e. The lowest BCUT2D eigenvalue weighted by Crippen LogP contribution is -2.61. The lowest BCUT2D eigenvalue weighted by atomic mass is 9.95. The predicted octanol–water partition coefficient (Wildman–Crippen LogP) is 4.18. The lowest BCUT2D eigenvalue weighted by Gasteiger charge is -2.38. The van der Waals surface area contributed by atoms with Gasteiger partial charge in [-0.1, -0.05) is 36.7 Å². The first-order chi connectivity index (χ1) is 18.7. The van der Waals surface area contributed by atoms with Crippen molar-refractivity contribution in [2.24, 2.45) is 5.92 Å². The molecular weight excluding hydrogens is 537 g/mol. The van der Waals surface area contributed by atoms with Crippen LogP contribution >= 0.6 is 23.2 Å². The van der Waals surface area contributed by atoms with Gasteiger partial charge < -0.3 is 19.7 Å². The third-order valence-electron chi connectivity index (χ3n) is 8.14. The molecule has 0 radical (unpaired) electrons. The van der Waals surface area contributed by atoms with E-state index in [9.17, 15) is 14.4 Å². The number of carbonyl (C=O) groups is 3. The molecule has 8 nitrogen and oxygen atoms in total. The van der Waals surface area contributed by atoms with Gasteiger partial charge in [0.2, 0.25) is 11.8 Å². The van der Waals surface area contributed by atoms with E-state index in [4.69, 9.17) is 23.2 Å². The zero-order chi connectivity index (χ0) is 27.4. The van der Waals surface area contributed by atoms with Crippen molar-refractivity contribution in [1.82, 2.24) is 24.7 Å². The van der Waals surface area contributed by atoms with Gasteiger partial charge in [-0.15, -0.1) is 0 Å². The average molecular weight is 566 g/mol. The Morgan fingerprint density at radius 2 is 1.95 bits per heavy atom. The smallest absolute Gasteiger partial charge is 0.256 e. The molecule has 10 heteroatoms. The van der Waals surface area contributed by atoms with Crippen LogP contribution in [0.1, 0.15) is 46.4 Å². The number of pyridine rings is 1. The zero-order valence-corrected chi connectivity index (χ0v) is 23.1. The number of aromatic nitrogens is 2. The molecule has 3 aromatic rings. The maximum absolute atomic E-state index is 13.9. The van der Waals surface area contributed by atoms with E-state index < -0.39 is 0 Å². The summed E-state index contributed by atoms with van der Waals surface area (Å²) in [4.78, 5) is 46.6. The van der Waals surface area contributed by atoms with E-state index >= 15 is 0 Å². The highest BCUT2D eigenvalue weighted by molar-refractivity contribution is 6.46. The summed E-state index contributed by atoms with van der Waals surface area (Å²) in [5, 5.41) is 4.13. The van der Waals surface area contributed by atoms with Crippen molar-refractivity contribution in [3.8, 4) is 0 Å². The summed E-state index contributed by atoms with van der Waals surface area (Å²) in [5.41, 5.74) is 4.68. The summed E-state index contributed by atoms with van der Waals surface area (Å²) in [6.45, 7) is 7.72. The number of hydrogen-bond acceptors (Lipinski definition) is 4. The highest BCUT2D eigenvalue weighted by atomic mass is 35.5. The maximum atomic E-state index is 13.9. The second-order valence-corrected chi connectivity index (χ2v) is 11.6. The first-order valence-corrected chi connectivity index (χ1v) is 13.9. The summed E-state index contributed by atoms with van der Waals surface area (Å²) >= 11 is 13.0. The van der Waals surface area contributed by atoms with E-state index in [1.807, 2.05) is 17.2 Å². The summed E-state index contributed by atoms with van der Waals surface area (Å²) in [6.07, 6.45) is 6.74. The van der Waals surface area contributed by atoms with E-state index in [0.717, 1.165) is 12.0 Å². The minimum Gasteiger partial charge on any atom is -0.348 e. The van der Waals surface area contributed by atoms with Crippen LogP contribution in [0.5, 0.6) is 0 Å². The fourth-order valence-corrected chi connectivity index (χ4v) is 6.23. The molecule has 3 aliphatic rings. The SMILES string of the molecule is C=CC(=O)N1CC(NC(=O)Cn2cc(C(=O)N3CCc4c(ccnc4C4CC4C)C3)c3c(Cl)c(Cl)ccc32)C1. The van der Waals surface area contributed by atoms with Gasteiger partial charge in [-0.3, -0.25) is 19.4 Å². The molecule has 3 amide bonds. The molecule has 2 unspecified atom stereocenters. The fraction of sp³-hybridized carbons (Fsp3) is 0.379. The van der Waals surface area contributed by atoms with Crippen LogP contribution in [0.2, 0.25) is 10.0 Å². The lowest BCUT2D eigenvalue weighted by molar-refractivity contribution is -0.133. The summed E-state index contributed by atoms with van der Waals surface area (Å²) < 4.78 is 1.74. The Hall–Kier alpha value is -3.36. The van der Waals surface area contributed by atoms with Crippen molar-refractivity contribution in [3.63, 3.8) is 0 Å². The van der Waals surface area contributed by atoms with Gasteiger partial charge in [0.25, 0.3) is 5.91 Å². The number of benzene rings is 1. The van der Waals surface area contributed by atoms with E-state index in [1.54, 1.807) is 27.8 Å². The molecule has 2 atom stereocenters. The molecule has 6 rings (SSSR count). The van der Waals surface area contributed by atoms with E-state index in [0.29, 0.717) is 64.5 Å². The highest BCUT2D eigenvalue weighted by Crippen LogP contribution is 2.48. The quantitative estimate of drug-likeness (QED) is 0.454. The minimum absolute atomic E-state index is 0.00504. The number of likely N-dealkylation sites (tertiary alicyclic amines) is 1. The molecule has 0 spiro atoms. The average Bonchev–Trinajstić information content (AvgIpc) is 3.53. The fourth-order valence-electron chi connectivity index (χ4n) is 5.81. The first kappa shape index (κ1) is 25.9. The molecule has 1 aliphatic carbocycles. The molecule has 1 N–H and O–H groups in total. The van der Waals surface area contributed by atoms with Crippen LogP contribution in [-0.4, -0.2) is 62.7 Å². The van der Waals surface area contributed by atoms with E-state index in [2.05, 4.69) is 23.8 Å². The van der Waals surface area contributed by atoms with Crippen LogP contribution in [0.3, 0.4) is 0 Å². The topological polar surface area (TPSA) is 87.5 Å². The van der Waals surface area contributed by atoms with Crippen LogP contribution in [0, 0.1) is 5.92 Å². The minimum atomic E-state index is -0.214. The molecule has 1 saturated heterocycles. The Morgan fingerprint density at radius 3 is 2.67 bits per heavy atom. The Labute approximate surface area is 236 Å².